The lowest BCUT2D eigenvalue weighted by molar-refractivity contribution is -0.384. The number of non-ortho nitro benzene ring substituents is 1. The quantitative estimate of drug-likeness (QED) is 0.467. The Morgan fingerprint density at radius 1 is 1.03 bits per heavy atom. The average Bonchev–Trinajstić information content (AvgIpc) is 3.10. The number of amides is 1. The maximum absolute atomic E-state index is 13.0. The number of hydrogen-bond donors (Lipinski definition) is 0. The van der Waals surface area contributed by atoms with Gasteiger partial charge in [0.15, 0.2) is 0 Å². The molecule has 31 heavy (non-hydrogen) atoms. The molecule has 0 bridgehead atoms. The number of anilines is 1. The van der Waals surface area contributed by atoms with Crippen LogP contribution in [0.25, 0.3) is 0 Å². The summed E-state index contributed by atoms with van der Waals surface area (Å²) < 4.78 is 1.95. The largest absolute Gasteiger partial charge is 0.368 e. The lowest BCUT2D eigenvalue weighted by atomic mass is 10.1. The van der Waals surface area contributed by atoms with Crippen LogP contribution in [-0.4, -0.2) is 51.7 Å². The van der Waals surface area contributed by atoms with Crippen LogP contribution >= 0.6 is 0 Å². The third-order valence-corrected chi connectivity index (χ3v) is 5.60. The second-order valence-corrected chi connectivity index (χ2v) is 7.84. The minimum Gasteiger partial charge on any atom is -0.368 e. The highest BCUT2D eigenvalue weighted by molar-refractivity contribution is 5.94. The van der Waals surface area contributed by atoms with Crippen LogP contribution in [0.1, 0.15) is 27.3 Å². The van der Waals surface area contributed by atoms with Crippen molar-refractivity contribution in [2.24, 2.45) is 0 Å². The van der Waals surface area contributed by atoms with Crippen LogP contribution in [0, 0.1) is 24.0 Å². The van der Waals surface area contributed by atoms with E-state index < -0.39 is 4.92 Å². The summed E-state index contributed by atoms with van der Waals surface area (Å²) in [6, 6.07) is 16.3. The third kappa shape index (κ3) is 4.58. The van der Waals surface area contributed by atoms with Gasteiger partial charge in [0, 0.05) is 55.3 Å². The van der Waals surface area contributed by atoms with Crippen molar-refractivity contribution < 1.29 is 9.72 Å². The molecule has 160 valence electrons. The SMILES string of the molecule is Cc1cc(C)n(Cc2cccc(C(=O)N3CCN(c4ccc([N+](=O)[O-])cc4)CC3)c2)n1. The number of rotatable bonds is 5. The molecule has 8 nitrogen and oxygen atoms in total. The van der Waals surface area contributed by atoms with Gasteiger partial charge in [-0.2, -0.15) is 5.10 Å². The molecule has 1 aliphatic heterocycles. The zero-order valence-corrected chi connectivity index (χ0v) is 17.7. The molecule has 0 aliphatic carbocycles. The van der Waals surface area contributed by atoms with Crippen molar-refractivity contribution in [3.63, 3.8) is 0 Å². The Morgan fingerprint density at radius 2 is 1.74 bits per heavy atom. The molecule has 1 fully saturated rings. The van der Waals surface area contributed by atoms with Gasteiger partial charge >= 0.3 is 0 Å². The van der Waals surface area contributed by atoms with E-state index in [2.05, 4.69) is 10.00 Å². The predicted molar refractivity (Wildman–Crippen MR) is 118 cm³/mol. The molecule has 3 aromatic rings. The molecule has 1 saturated heterocycles. The summed E-state index contributed by atoms with van der Waals surface area (Å²) in [5, 5.41) is 15.3. The van der Waals surface area contributed by atoms with Crippen molar-refractivity contribution in [2.45, 2.75) is 20.4 Å². The van der Waals surface area contributed by atoms with E-state index >= 15 is 0 Å². The van der Waals surface area contributed by atoms with Gasteiger partial charge in [0.1, 0.15) is 0 Å². The molecule has 1 aromatic heterocycles. The molecule has 4 rings (SSSR count). The minimum absolute atomic E-state index is 0.0265. The Kier molecular flexibility index (Phi) is 5.70. The number of aryl methyl sites for hydroxylation is 2. The average molecular weight is 419 g/mol. The summed E-state index contributed by atoms with van der Waals surface area (Å²) in [5.41, 5.74) is 4.82. The van der Waals surface area contributed by atoms with Crippen LogP contribution in [0.5, 0.6) is 0 Å². The van der Waals surface area contributed by atoms with Crippen LogP contribution < -0.4 is 4.90 Å². The molecule has 2 aromatic carbocycles. The number of carbonyl (C=O) groups is 1. The lowest BCUT2D eigenvalue weighted by Crippen LogP contribution is -2.48. The topological polar surface area (TPSA) is 84.5 Å². The number of benzene rings is 2. The van der Waals surface area contributed by atoms with Gasteiger partial charge in [-0.15, -0.1) is 0 Å². The second-order valence-electron chi connectivity index (χ2n) is 7.84. The zero-order chi connectivity index (χ0) is 22.0. The fourth-order valence-corrected chi connectivity index (χ4v) is 3.95. The summed E-state index contributed by atoms with van der Waals surface area (Å²) in [6.07, 6.45) is 0. The molecule has 0 radical (unpaired) electrons. The Hall–Kier alpha value is -3.68. The first-order valence-electron chi connectivity index (χ1n) is 10.3. The number of nitro benzene ring substituents is 1. The van der Waals surface area contributed by atoms with E-state index in [9.17, 15) is 14.9 Å². The summed E-state index contributed by atoms with van der Waals surface area (Å²) in [4.78, 5) is 27.5. The monoisotopic (exact) mass is 419 g/mol. The van der Waals surface area contributed by atoms with E-state index in [1.807, 2.05) is 53.8 Å². The molecule has 1 amide bonds. The van der Waals surface area contributed by atoms with Gasteiger partial charge < -0.3 is 9.80 Å². The highest BCUT2D eigenvalue weighted by atomic mass is 16.6. The fourth-order valence-electron chi connectivity index (χ4n) is 3.95. The van der Waals surface area contributed by atoms with Crippen LogP contribution in [-0.2, 0) is 6.54 Å². The van der Waals surface area contributed by atoms with Crippen LogP contribution in [0.4, 0.5) is 11.4 Å². The van der Waals surface area contributed by atoms with Crippen molar-refractivity contribution >= 4 is 17.3 Å². The normalized spacial score (nSPS) is 14.0. The fraction of sp³-hybridized carbons (Fsp3) is 0.304. The maximum atomic E-state index is 13.0. The van der Waals surface area contributed by atoms with Gasteiger partial charge in [0.2, 0.25) is 0 Å². The summed E-state index contributed by atoms with van der Waals surface area (Å²) in [5.74, 6) is 0.0265. The second kappa shape index (κ2) is 8.59. The van der Waals surface area contributed by atoms with E-state index in [0.29, 0.717) is 38.3 Å². The molecule has 0 saturated carbocycles. The van der Waals surface area contributed by atoms with Crippen molar-refractivity contribution in [3.8, 4) is 0 Å². The molecule has 2 heterocycles. The standard InChI is InChI=1S/C23H25N5O3/c1-17-14-18(2)27(24-17)16-19-4-3-5-20(15-19)23(29)26-12-10-25(11-13-26)21-6-8-22(9-7-21)28(30)31/h3-9,14-15H,10-13,16H2,1-2H3. The molecule has 0 atom stereocenters. The van der Waals surface area contributed by atoms with Crippen molar-refractivity contribution in [1.82, 2.24) is 14.7 Å². The van der Waals surface area contributed by atoms with Gasteiger partial charge in [-0.3, -0.25) is 19.6 Å². The Morgan fingerprint density at radius 3 is 2.35 bits per heavy atom. The molecular weight excluding hydrogens is 394 g/mol. The smallest absolute Gasteiger partial charge is 0.269 e. The van der Waals surface area contributed by atoms with E-state index in [1.54, 1.807) is 12.1 Å². The van der Waals surface area contributed by atoms with Crippen LogP contribution in [0.2, 0.25) is 0 Å². The number of carbonyl (C=O) groups excluding carboxylic acids is 1. The van der Waals surface area contributed by atoms with Gasteiger partial charge in [-0.05, 0) is 49.7 Å². The van der Waals surface area contributed by atoms with E-state index in [0.717, 1.165) is 22.6 Å². The van der Waals surface area contributed by atoms with Gasteiger partial charge in [-0.25, -0.2) is 0 Å². The zero-order valence-electron chi connectivity index (χ0n) is 17.7. The third-order valence-electron chi connectivity index (χ3n) is 5.60. The predicted octanol–water partition coefficient (Wildman–Crippen LogP) is 3.42. The summed E-state index contributed by atoms with van der Waals surface area (Å²) in [6.45, 7) is 7.23. The van der Waals surface area contributed by atoms with E-state index in [1.165, 1.54) is 12.1 Å². The first kappa shape index (κ1) is 20.6. The first-order valence-corrected chi connectivity index (χ1v) is 10.3. The molecule has 0 unspecified atom stereocenters. The number of hydrogen-bond acceptors (Lipinski definition) is 5. The Labute approximate surface area is 180 Å². The molecule has 0 spiro atoms. The van der Waals surface area contributed by atoms with E-state index in [4.69, 9.17) is 0 Å². The summed E-state index contributed by atoms with van der Waals surface area (Å²) >= 11 is 0. The van der Waals surface area contributed by atoms with Crippen molar-refractivity contribution in [1.29, 1.82) is 0 Å². The van der Waals surface area contributed by atoms with Gasteiger partial charge in [0.05, 0.1) is 17.2 Å². The Balaban J connectivity index is 1.39. The number of piperazine rings is 1. The number of nitro groups is 1. The molecule has 8 heteroatoms. The molecule has 0 N–H and O–H groups in total. The highest BCUT2D eigenvalue weighted by Gasteiger charge is 2.23. The van der Waals surface area contributed by atoms with E-state index in [-0.39, 0.29) is 11.6 Å². The number of nitrogens with zero attached hydrogens (tertiary/aromatic N) is 5. The minimum atomic E-state index is -0.399. The van der Waals surface area contributed by atoms with Gasteiger partial charge in [0.25, 0.3) is 11.6 Å². The van der Waals surface area contributed by atoms with Gasteiger partial charge in [-0.1, -0.05) is 12.1 Å². The number of aromatic nitrogens is 2. The molecular formula is C23H25N5O3. The van der Waals surface area contributed by atoms with Crippen molar-refractivity contribution in [2.75, 3.05) is 31.1 Å². The van der Waals surface area contributed by atoms with Crippen LogP contribution in [0.15, 0.2) is 54.6 Å². The van der Waals surface area contributed by atoms with Crippen LogP contribution in [0.3, 0.4) is 0 Å². The summed E-state index contributed by atoms with van der Waals surface area (Å²) in [7, 11) is 0. The van der Waals surface area contributed by atoms with Crippen molar-refractivity contribution in [3.05, 3.63) is 87.2 Å². The Bertz CT molecular complexity index is 1100. The maximum Gasteiger partial charge on any atom is 0.269 e. The first-order chi connectivity index (χ1) is 14.9. The molecule has 1 aliphatic rings. The lowest BCUT2D eigenvalue weighted by Gasteiger charge is -2.36. The highest BCUT2D eigenvalue weighted by Crippen LogP contribution is 2.21.